The van der Waals surface area contributed by atoms with Gasteiger partial charge in [-0.1, -0.05) is 12.1 Å². The highest BCUT2D eigenvalue weighted by Gasteiger charge is 2.47. The van der Waals surface area contributed by atoms with Crippen LogP contribution in [0.4, 0.5) is 13.2 Å². The summed E-state index contributed by atoms with van der Waals surface area (Å²) in [6.07, 6.45) is 1.46. The van der Waals surface area contributed by atoms with E-state index in [4.69, 9.17) is 5.73 Å². The minimum atomic E-state index is -5.44. The molecule has 5 nitrogen and oxygen atoms in total. The SMILES string of the molecule is CC(C(N)=O)(c1ccc(S(=O)(=O)C(F)(F)F)cc1)c1nccs1. The van der Waals surface area contributed by atoms with E-state index in [1.165, 1.54) is 13.1 Å². The summed E-state index contributed by atoms with van der Waals surface area (Å²) >= 11 is 1.16. The maximum Gasteiger partial charge on any atom is 0.501 e. The van der Waals surface area contributed by atoms with Crippen LogP contribution in [0.3, 0.4) is 0 Å². The van der Waals surface area contributed by atoms with E-state index in [0.29, 0.717) is 5.01 Å². The second-order valence-electron chi connectivity index (χ2n) is 4.80. The molecule has 0 aliphatic heterocycles. The Hall–Kier alpha value is -1.94. The zero-order chi connectivity index (χ0) is 17.5. The third-order valence-electron chi connectivity index (χ3n) is 3.40. The van der Waals surface area contributed by atoms with Crippen LogP contribution in [-0.2, 0) is 20.0 Å². The van der Waals surface area contributed by atoms with Crippen LogP contribution in [0.5, 0.6) is 0 Å². The zero-order valence-electron chi connectivity index (χ0n) is 11.7. The lowest BCUT2D eigenvalue weighted by atomic mass is 9.82. The number of carbonyl (C=O) groups is 1. The monoisotopic (exact) mass is 364 g/mol. The second kappa shape index (κ2) is 5.60. The van der Waals surface area contributed by atoms with E-state index in [2.05, 4.69) is 4.98 Å². The van der Waals surface area contributed by atoms with Crippen molar-refractivity contribution in [1.82, 2.24) is 4.98 Å². The van der Waals surface area contributed by atoms with Crippen molar-refractivity contribution in [1.29, 1.82) is 0 Å². The van der Waals surface area contributed by atoms with E-state index >= 15 is 0 Å². The Kier molecular flexibility index (Phi) is 4.24. The molecule has 1 aromatic heterocycles. The standard InChI is InChI=1S/C13H11F3N2O3S2/c1-12(10(17)19,11-18-6-7-22-11)8-2-4-9(5-3-8)23(20,21)13(14,15)16/h2-7H,1H3,(H2,17,19). The van der Waals surface area contributed by atoms with Crippen molar-refractivity contribution in [2.24, 2.45) is 5.73 Å². The fourth-order valence-corrected chi connectivity index (χ4v) is 3.53. The summed E-state index contributed by atoms with van der Waals surface area (Å²) in [5.74, 6) is -0.751. The van der Waals surface area contributed by atoms with Gasteiger partial charge in [0, 0.05) is 11.6 Å². The van der Waals surface area contributed by atoms with Crippen molar-refractivity contribution in [3.63, 3.8) is 0 Å². The number of halogens is 3. The molecular weight excluding hydrogens is 353 g/mol. The number of amides is 1. The molecule has 0 radical (unpaired) electrons. The van der Waals surface area contributed by atoms with Crippen LogP contribution in [0.2, 0.25) is 0 Å². The molecule has 124 valence electrons. The average molecular weight is 364 g/mol. The number of rotatable bonds is 4. The summed E-state index contributed by atoms with van der Waals surface area (Å²) in [5, 5.41) is 1.98. The first-order chi connectivity index (χ1) is 10.5. The maximum absolute atomic E-state index is 12.5. The van der Waals surface area contributed by atoms with E-state index in [0.717, 1.165) is 35.6 Å². The molecule has 1 atom stereocenters. The molecule has 2 aromatic rings. The number of sulfone groups is 1. The molecule has 10 heteroatoms. The lowest BCUT2D eigenvalue weighted by molar-refractivity contribution is -0.121. The summed E-state index contributed by atoms with van der Waals surface area (Å²) in [5.41, 5.74) is -1.09. The minimum absolute atomic E-state index is 0.251. The maximum atomic E-state index is 12.5. The van der Waals surface area contributed by atoms with Gasteiger partial charge in [0.1, 0.15) is 10.4 Å². The van der Waals surface area contributed by atoms with Crippen LogP contribution in [-0.4, -0.2) is 24.8 Å². The van der Waals surface area contributed by atoms with Crippen LogP contribution in [0.1, 0.15) is 17.5 Å². The number of carbonyl (C=O) groups excluding carboxylic acids is 1. The van der Waals surface area contributed by atoms with Crippen molar-refractivity contribution < 1.29 is 26.4 Å². The normalized spacial score (nSPS) is 15.1. The summed E-state index contributed by atoms with van der Waals surface area (Å²) < 4.78 is 60.3. The molecule has 23 heavy (non-hydrogen) atoms. The highest BCUT2D eigenvalue weighted by molar-refractivity contribution is 7.92. The van der Waals surface area contributed by atoms with Gasteiger partial charge in [0.25, 0.3) is 9.84 Å². The Bertz CT molecular complexity index is 815. The Balaban J connectivity index is 2.53. The van der Waals surface area contributed by atoms with Crippen LogP contribution in [0, 0.1) is 0 Å². The summed E-state index contributed by atoms with van der Waals surface area (Å²) in [6.45, 7) is 1.47. The number of hydrogen-bond acceptors (Lipinski definition) is 5. The number of primary amides is 1. The predicted octanol–water partition coefficient (Wildman–Crippen LogP) is 2.23. The van der Waals surface area contributed by atoms with Crippen molar-refractivity contribution in [3.05, 3.63) is 46.4 Å². The summed E-state index contributed by atoms with van der Waals surface area (Å²) in [6, 6.07) is 3.86. The summed E-state index contributed by atoms with van der Waals surface area (Å²) in [7, 11) is -5.44. The van der Waals surface area contributed by atoms with Gasteiger partial charge in [-0.05, 0) is 24.6 Å². The van der Waals surface area contributed by atoms with E-state index in [-0.39, 0.29) is 5.56 Å². The third-order valence-corrected chi connectivity index (χ3v) is 5.90. The Labute approximate surface area is 133 Å². The summed E-state index contributed by atoms with van der Waals surface area (Å²) in [4.78, 5) is 15.0. The molecule has 1 amide bonds. The number of hydrogen-bond donors (Lipinski definition) is 1. The molecular formula is C13H11F3N2O3S2. The molecule has 0 aliphatic rings. The van der Waals surface area contributed by atoms with Gasteiger partial charge in [-0.25, -0.2) is 13.4 Å². The predicted molar refractivity (Wildman–Crippen MR) is 77.4 cm³/mol. The average Bonchev–Trinajstić information content (AvgIpc) is 2.99. The van der Waals surface area contributed by atoms with Crippen LogP contribution in [0.15, 0.2) is 40.7 Å². The van der Waals surface area contributed by atoms with Gasteiger partial charge in [0.15, 0.2) is 0 Å². The van der Waals surface area contributed by atoms with Crippen molar-refractivity contribution >= 4 is 27.1 Å². The number of alkyl halides is 3. The lowest BCUT2D eigenvalue weighted by Crippen LogP contribution is -2.39. The largest absolute Gasteiger partial charge is 0.501 e. The van der Waals surface area contributed by atoms with E-state index in [1.54, 1.807) is 5.38 Å². The minimum Gasteiger partial charge on any atom is -0.369 e. The van der Waals surface area contributed by atoms with Crippen LogP contribution < -0.4 is 5.73 Å². The molecule has 0 saturated heterocycles. The molecule has 2 rings (SSSR count). The van der Waals surface area contributed by atoms with Crippen LogP contribution in [0.25, 0.3) is 0 Å². The molecule has 1 heterocycles. The van der Waals surface area contributed by atoms with E-state index < -0.39 is 31.6 Å². The molecule has 1 unspecified atom stereocenters. The molecule has 0 saturated carbocycles. The smallest absolute Gasteiger partial charge is 0.369 e. The van der Waals surface area contributed by atoms with Crippen molar-refractivity contribution in [2.75, 3.05) is 0 Å². The van der Waals surface area contributed by atoms with Gasteiger partial charge < -0.3 is 5.73 Å². The molecule has 0 spiro atoms. The molecule has 2 N–H and O–H groups in total. The number of thiazole rings is 1. The van der Waals surface area contributed by atoms with Gasteiger partial charge in [-0.15, -0.1) is 11.3 Å². The van der Waals surface area contributed by atoms with E-state index in [9.17, 15) is 26.4 Å². The zero-order valence-corrected chi connectivity index (χ0v) is 13.3. The second-order valence-corrected chi connectivity index (χ2v) is 7.64. The van der Waals surface area contributed by atoms with Crippen molar-refractivity contribution in [2.45, 2.75) is 22.7 Å². The molecule has 1 aromatic carbocycles. The lowest BCUT2D eigenvalue weighted by Gasteiger charge is -2.24. The molecule has 0 bridgehead atoms. The van der Waals surface area contributed by atoms with Gasteiger partial charge in [0.05, 0.1) is 4.90 Å². The number of nitrogens with zero attached hydrogens (tertiary/aromatic N) is 1. The first-order valence-corrected chi connectivity index (χ1v) is 8.49. The fourth-order valence-electron chi connectivity index (χ4n) is 1.94. The van der Waals surface area contributed by atoms with Gasteiger partial charge >= 0.3 is 5.51 Å². The molecule has 0 fully saturated rings. The quantitative estimate of drug-likeness (QED) is 0.901. The van der Waals surface area contributed by atoms with Gasteiger partial charge in [-0.2, -0.15) is 13.2 Å². The van der Waals surface area contributed by atoms with E-state index in [1.807, 2.05) is 0 Å². The van der Waals surface area contributed by atoms with Crippen molar-refractivity contribution in [3.8, 4) is 0 Å². The van der Waals surface area contributed by atoms with Gasteiger partial charge in [0.2, 0.25) is 5.91 Å². The molecule has 0 aliphatic carbocycles. The highest BCUT2D eigenvalue weighted by Crippen LogP contribution is 2.35. The number of aromatic nitrogens is 1. The Morgan fingerprint density at radius 1 is 1.22 bits per heavy atom. The Morgan fingerprint density at radius 2 is 1.78 bits per heavy atom. The number of benzene rings is 1. The van der Waals surface area contributed by atoms with Gasteiger partial charge in [-0.3, -0.25) is 4.79 Å². The van der Waals surface area contributed by atoms with Crippen LogP contribution >= 0.6 is 11.3 Å². The Morgan fingerprint density at radius 3 is 2.17 bits per heavy atom. The first kappa shape index (κ1) is 17.4. The first-order valence-electron chi connectivity index (χ1n) is 6.13. The third kappa shape index (κ3) is 2.83. The topological polar surface area (TPSA) is 90.1 Å². The highest BCUT2D eigenvalue weighted by atomic mass is 32.2. The fraction of sp³-hybridized carbons (Fsp3) is 0.231. The number of nitrogens with two attached hydrogens (primary N) is 1.